The Morgan fingerprint density at radius 2 is 1.89 bits per heavy atom. The van der Waals surface area contributed by atoms with E-state index in [9.17, 15) is 18.0 Å². The summed E-state index contributed by atoms with van der Waals surface area (Å²) in [5.41, 5.74) is 0. The Labute approximate surface area is 104 Å². The molecular formula is C10H13N3O4S. The number of rotatable bonds is 6. The minimum absolute atomic E-state index is 0.0420. The number of Topliss-reactive ketones (excluding diaryl/α,β-unsaturated/α-hetero) is 2. The van der Waals surface area contributed by atoms with Crippen molar-refractivity contribution in [3.63, 3.8) is 0 Å². The first-order valence-corrected chi connectivity index (χ1v) is 6.75. The van der Waals surface area contributed by atoms with Gasteiger partial charge in [0.1, 0.15) is 11.0 Å². The van der Waals surface area contributed by atoms with Gasteiger partial charge in [-0.1, -0.05) is 0 Å². The van der Waals surface area contributed by atoms with Gasteiger partial charge in [0, 0.05) is 18.8 Å². The van der Waals surface area contributed by atoms with Gasteiger partial charge in [-0.05, 0) is 19.4 Å². The Kier molecular flexibility index (Phi) is 4.62. The zero-order valence-electron chi connectivity index (χ0n) is 9.74. The fraction of sp³-hybridized carbons (Fsp3) is 0.400. The molecule has 0 fully saturated rings. The SMILES string of the molecule is CC(=O)CCC(C(=O)c1ncccn1)S(N)(=O)=O. The van der Waals surface area contributed by atoms with Gasteiger partial charge in [0.25, 0.3) is 0 Å². The van der Waals surface area contributed by atoms with Gasteiger partial charge in [-0.25, -0.2) is 23.5 Å². The molecule has 0 spiro atoms. The molecular weight excluding hydrogens is 258 g/mol. The van der Waals surface area contributed by atoms with E-state index < -0.39 is 21.1 Å². The number of nitrogens with zero attached hydrogens (tertiary/aromatic N) is 2. The number of hydrogen-bond donors (Lipinski definition) is 1. The number of primary sulfonamides is 1. The van der Waals surface area contributed by atoms with Crippen LogP contribution in [-0.4, -0.2) is 35.2 Å². The second-order valence-corrected chi connectivity index (χ2v) is 5.50. The van der Waals surface area contributed by atoms with E-state index in [1.165, 1.54) is 25.4 Å². The van der Waals surface area contributed by atoms with Crippen LogP contribution in [0.3, 0.4) is 0 Å². The first-order chi connectivity index (χ1) is 8.32. The number of hydrogen-bond acceptors (Lipinski definition) is 6. The molecule has 1 unspecified atom stereocenters. The summed E-state index contributed by atoms with van der Waals surface area (Å²) in [6, 6.07) is 1.50. The van der Waals surface area contributed by atoms with Crippen LogP contribution in [0, 0.1) is 0 Å². The lowest BCUT2D eigenvalue weighted by Crippen LogP contribution is -2.36. The smallest absolute Gasteiger partial charge is 0.219 e. The molecule has 8 heteroatoms. The maximum Gasteiger partial charge on any atom is 0.219 e. The maximum absolute atomic E-state index is 11.9. The zero-order valence-corrected chi connectivity index (χ0v) is 10.6. The highest BCUT2D eigenvalue weighted by Crippen LogP contribution is 2.11. The summed E-state index contributed by atoms with van der Waals surface area (Å²) < 4.78 is 22.7. The van der Waals surface area contributed by atoms with Gasteiger partial charge in [-0.2, -0.15) is 0 Å². The Bertz CT molecular complexity index is 542. The van der Waals surface area contributed by atoms with Gasteiger partial charge in [-0.3, -0.25) is 4.79 Å². The van der Waals surface area contributed by atoms with Crippen LogP contribution < -0.4 is 5.14 Å². The second kappa shape index (κ2) is 5.78. The number of aromatic nitrogens is 2. The molecule has 0 bridgehead atoms. The van der Waals surface area contributed by atoms with Crippen molar-refractivity contribution in [2.45, 2.75) is 25.0 Å². The third-order valence-corrected chi connectivity index (χ3v) is 3.48. The summed E-state index contributed by atoms with van der Waals surface area (Å²) in [7, 11) is -4.09. The van der Waals surface area contributed by atoms with Crippen LogP contribution in [0.5, 0.6) is 0 Å². The van der Waals surface area contributed by atoms with Crippen LogP contribution >= 0.6 is 0 Å². The highest BCUT2D eigenvalue weighted by molar-refractivity contribution is 7.90. The largest absolute Gasteiger partial charge is 0.300 e. The molecule has 7 nitrogen and oxygen atoms in total. The molecule has 0 aliphatic heterocycles. The van der Waals surface area contributed by atoms with Crippen LogP contribution in [0.25, 0.3) is 0 Å². The van der Waals surface area contributed by atoms with Crippen LogP contribution in [0.15, 0.2) is 18.5 Å². The molecule has 0 saturated carbocycles. The molecule has 18 heavy (non-hydrogen) atoms. The van der Waals surface area contributed by atoms with E-state index in [1.54, 1.807) is 0 Å². The molecule has 0 aromatic carbocycles. The van der Waals surface area contributed by atoms with Gasteiger partial charge >= 0.3 is 0 Å². The summed E-state index contributed by atoms with van der Waals surface area (Å²) in [5, 5.41) is 3.51. The quantitative estimate of drug-likeness (QED) is 0.708. The lowest BCUT2D eigenvalue weighted by Gasteiger charge is -2.11. The minimum atomic E-state index is -4.09. The van der Waals surface area contributed by atoms with E-state index in [2.05, 4.69) is 9.97 Å². The number of ketones is 2. The highest BCUT2D eigenvalue weighted by Gasteiger charge is 2.32. The second-order valence-electron chi connectivity index (χ2n) is 3.76. The molecule has 0 radical (unpaired) electrons. The fourth-order valence-corrected chi connectivity index (χ4v) is 2.20. The van der Waals surface area contributed by atoms with Crippen molar-refractivity contribution in [3.05, 3.63) is 24.3 Å². The number of carbonyl (C=O) groups excluding carboxylic acids is 2. The van der Waals surface area contributed by atoms with Gasteiger partial charge in [-0.15, -0.1) is 0 Å². The third kappa shape index (κ3) is 3.97. The molecule has 0 aliphatic rings. The van der Waals surface area contributed by atoms with Crippen LogP contribution in [0.2, 0.25) is 0 Å². The van der Waals surface area contributed by atoms with Crippen molar-refractivity contribution in [3.8, 4) is 0 Å². The van der Waals surface area contributed by atoms with E-state index in [0.717, 1.165) is 0 Å². The van der Waals surface area contributed by atoms with Gasteiger partial charge < -0.3 is 4.79 Å². The third-order valence-electron chi connectivity index (χ3n) is 2.23. The molecule has 98 valence electrons. The van der Waals surface area contributed by atoms with Gasteiger partial charge in [0.05, 0.1) is 0 Å². The molecule has 2 N–H and O–H groups in total. The molecule has 1 aromatic rings. The normalized spacial score (nSPS) is 13.0. The van der Waals surface area contributed by atoms with Gasteiger partial charge in [0.15, 0.2) is 5.82 Å². The van der Waals surface area contributed by atoms with Crippen molar-refractivity contribution in [1.82, 2.24) is 9.97 Å². The summed E-state index contributed by atoms with van der Waals surface area (Å²) in [4.78, 5) is 30.1. The monoisotopic (exact) mass is 271 g/mol. The Morgan fingerprint density at radius 3 is 2.33 bits per heavy atom. The molecule has 0 amide bonds. The van der Waals surface area contributed by atoms with Crippen molar-refractivity contribution in [2.75, 3.05) is 0 Å². The van der Waals surface area contributed by atoms with Crippen LogP contribution in [-0.2, 0) is 14.8 Å². The van der Waals surface area contributed by atoms with E-state index in [1.807, 2.05) is 0 Å². The average molecular weight is 271 g/mol. The lowest BCUT2D eigenvalue weighted by atomic mass is 10.1. The lowest BCUT2D eigenvalue weighted by molar-refractivity contribution is -0.117. The minimum Gasteiger partial charge on any atom is -0.300 e. The summed E-state index contributed by atoms with van der Waals surface area (Å²) in [5.74, 6) is -1.23. The summed E-state index contributed by atoms with van der Waals surface area (Å²) >= 11 is 0. The maximum atomic E-state index is 11.9. The summed E-state index contributed by atoms with van der Waals surface area (Å²) in [6.45, 7) is 1.31. The first kappa shape index (κ1) is 14.4. The number of nitrogens with two attached hydrogens (primary N) is 1. The summed E-state index contributed by atoms with van der Waals surface area (Å²) in [6.07, 6.45) is 2.45. The van der Waals surface area contributed by atoms with Crippen LogP contribution in [0.1, 0.15) is 30.4 Å². The average Bonchev–Trinajstić information content (AvgIpc) is 2.28. The molecule has 1 heterocycles. The van der Waals surface area contributed by atoms with Crippen LogP contribution in [0.4, 0.5) is 0 Å². The van der Waals surface area contributed by atoms with E-state index >= 15 is 0 Å². The topological polar surface area (TPSA) is 120 Å². The molecule has 1 atom stereocenters. The van der Waals surface area contributed by atoms with E-state index in [-0.39, 0.29) is 24.4 Å². The predicted octanol–water partition coefficient (Wildman–Crippen LogP) is -0.314. The zero-order chi connectivity index (χ0) is 13.8. The fourth-order valence-electron chi connectivity index (χ4n) is 1.35. The van der Waals surface area contributed by atoms with E-state index in [4.69, 9.17) is 5.14 Å². The van der Waals surface area contributed by atoms with Crippen molar-refractivity contribution >= 4 is 21.6 Å². The highest BCUT2D eigenvalue weighted by atomic mass is 32.2. The molecule has 0 saturated heterocycles. The standard InChI is InChI=1S/C10H13N3O4S/c1-7(14)3-4-8(18(11,16)17)9(15)10-12-5-2-6-13-10/h2,5-6,8H,3-4H2,1H3,(H2,11,16,17). The van der Waals surface area contributed by atoms with Crippen molar-refractivity contribution in [2.24, 2.45) is 5.14 Å². The van der Waals surface area contributed by atoms with Crippen molar-refractivity contribution < 1.29 is 18.0 Å². The Hall–Kier alpha value is -1.67. The molecule has 0 aliphatic carbocycles. The van der Waals surface area contributed by atoms with Crippen molar-refractivity contribution in [1.29, 1.82) is 0 Å². The Morgan fingerprint density at radius 1 is 1.33 bits per heavy atom. The van der Waals surface area contributed by atoms with Gasteiger partial charge in [0.2, 0.25) is 15.8 Å². The molecule has 1 rings (SSSR count). The first-order valence-electron chi connectivity index (χ1n) is 5.14. The molecule has 1 aromatic heterocycles. The number of sulfonamides is 1. The predicted molar refractivity (Wildman–Crippen MR) is 63.2 cm³/mol. The number of carbonyl (C=O) groups is 2. The Balaban J connectivity index is 2.98. The van der Waals surface area contributed by atoms with E-state index in [0.29, 0.717) is 0 Å².